The molecule has 0 aliphatic carbocycles. The Kier molecular flexibility index (Phi) is 5.99. The maximum atomic E-state index is 5.12. The third kappa shape index (κ3) is 4.78. The van der Waals surface area contributed by atoms with Crippen molar-refractivity contribution in [2.45, 2.75) is 53.9 Å². The standard InChI is InChI=1S/C37H37N/c1-36(2,3)23-32-30-16-10-11-17-34(30)38-35-20-25(18-19-31(32)35)22-37(4,5)24-33-28-14-8-6-12-26(28)21-27-13-7-9-15-29(27)33/h6-21H,22-24H2,1-5H3. The fraction of sp³-hybridized carbons (Fsp3) is 0.270. The highest BCUT2D eigenvalue weighted by Crippen LogP contribution is 2.37. The molecule has 0 fully saturated rings. The summed E-state index contributed by atoms with van der Waals surface area (Å²) in [6, 6.07) is 35.6. The minimum atomic E-state index is 0.0889. The minimum absolute atomic E-state index is 0.0889. The Hall–Kier alpha value is -3.71. The Labute approximate surface area is 226 Å². The lowest BCUT2D eigenvalue weighted by atomic mass is 9.77. The molecule has 0 aliphatic rings. The number of hydrogen-bond acceptors (Lipinski definition) is 1. The van der Waals surface area contributed by atoms with Crippen LogP contribution < -0.4 is 0 Å². The third-order valence-electron chi connectivity index (χ3n) is 7.79. The molecule has 0 aliphatic heterocycles. The van der Waals surface area contributed by atoms with Crippen LogP contribution in [0.5, 0.6) is 0 Å². The number of nitrogens with zero attached hydrogens (tertiary/aromatic N) is 1. The summed E-state index contributed by atoms with van der Waals surface area (Å²) in [5.74, 6) is 0. The molecule has 0 radical (unpaired) electrons. The molecule has 5 aromatic carbocycles. The Balaban J connectivity index is 1.40. The van der Waals surface area contributed by atoms with Gasteiger partial charge in [0.05, 0.1) is 11.0 Å². The molecule has 0 amide bonds. The summed E-state index contributed by atoms with van der Waals surface area (Å²) >= 11 is 0. The summed E-state index contributed by atoms with van der Waals surface area (Å²) in [6.45, 7) is 11.8. The van der Waals surface area contributed by atoms with Crippen LogP contribution in [0.25, 0.3) is 43.4 Å². The molecule has 6 rings (SSSR count). The highest BCUT2D eigenvalue weighted by atomic mass is 14.7. The van der Waals surface area contributed by atoms with E-state index in [-0.39, 0.29) is 10.8 Å². The van der Waals surface area contributed by atoms with E-state index in [1.54, 1.807) is 0 Å². The van der Waals surface area contributed by atoms with E-state index in [0.717, 1.165) is 30.3 Å². The van der Waals surface area contributed by atoms with Gasteiger partial charge >= 0.3 is 0 Å². The van der Waals surface area contributed by atoms with Gasteiger partial charge in [-0.25, -0.2) is 4.98 Å². The number of aromatic nitrogens is 1. The summed E-state index contributed by atoms with van der Waals surface area (Å²) in [7, 11) is 0. The summed E-state index contributed by atoms with van der Waals surface area (Å²) < 4.78 is 0. The fourth-order valence-electron chi connectivity index (χ4n) is 6.25. The second-order valence-electron chi connectivity index (χ2n) is 13.0. The van der Waals surface area contributed by atoms with Crippen molar-refractivity contribution in [2.75, 3.05) is 0 Å². The number of hydrogen-bond donors (Lipinski definition) is 0. The highest BCUT2D eigenvalue weighted by molar-refractivity contribution is 6.02. The van der Waals surface area contributed by atoms with Crippen LogP contribution in [0.1, 0.15) is 51.3 Å². The van der Waals surface area contributed by atoms with Crippen LogP contribution in [0, 0.1) is 10.8 Å². The molecule has 6 aromatic rings. The number of pyridine rings is 1. The zero-order valence-corrected chi connectivity index (χ0v) is 23.3. The quantitative estimate of drug-likeness (QED) is 0.217. The lowest BCUT2D eigenvalue weighted by Crippen LogP contribution is -2.19. The van der Waals surface area contributed by atoms with E-state index >= 15 is 0 Å². The molecule has 0 unspecified atom stereocenters. The van der Waals surface area contributed by atoms with Crippen molar-refractivity contribution < 1.29 is 0 Å². The molecular weight excluding hydrogens is 458 g/mol. The second kappa shape index (κ2) is 9.24. The van der Waals surface area contributed by atoms with Crippen molar-refractivity contribution in [3.63, 3.8) is 0 Å². The Morgan fingerprint density at radius 2 is 1.05 bits per heavy atom. The zero-order valence-electron chi connectivity index (χ0n) is 23.3. The molecule has 190 valence electrons. The van der Waals surface area contributed by atoms with Crippen molar-refractivity contribution >= 4 is 43.4 Å². The molecule has 1 nitrogen and oxygen atoms in total. The zero-order chi connectivity index (χ0) is 26.5. The fourth-order valence-corrected chi connectivity index (χ4v) is 6.25. The lowest BCUT2D eigenvalue weighted by molar-refractivity contribution is 0.363. The Morgan fingerprint density at radius 1 is 0.500 bits per heavy atom. The monoisotopic (exact) mass is 495 g/mol. The maximum absolute atomic E-state index is 5.12. The van der Waals surface area contributed by atoms with Gasteiger partial charge in [0.2, 0.25) is 0 Å². The number of para-hydroxylation sites is 1. The highest BCUT2D eigenvalue weighted by Gasteiger charge is 2.23. The Bertz CT molecular complexity index is 1750. The largest absolute Gasteiger partial charge is 0.248 e. The number of fused-ring (bicyclic) bond motifs is 4. The molecule has 0 saturated heterocycles. The maximum Gasteiger partial charge on any atom is 0.0715 e. The molecule has 0 N–H and O–H groups in total. The van der Waals surface area contributed by atoms with Crippen LogP contribution in [-0.4, -0.2) is 4.98 Å². The van der Waals surface area contributed by atoms with Crippen LogP contribution in [0.4, 0.5) is 0 Å². The van der Waals surface area contributed by atoms with E-state index in [1.807, 2.05) is 0 Å². The van der Waals surface area contributed by atoms with Gasteiger partial charge < -0.3 is 0 Å². The molecular formula is C37H37N. The van der Waals surface area contributed by atoms with Crippen LogP contribution in [0.15, 0.2) is 97.1 Å². The van der Waals surface area contributed by atoms with Crippen molar-refractivity contribution in [1.82, 2.24) is 4.98 Å². The summed E-state index contributed by atoms with van der Waals surface area (Å²) in [5, 5.41) is 7.97. The first kappa shape index (κ1) is 24.6. The van der Waals surface area contributed by atoms with E-state index in [0.29, 0.717) is 0 Å². The predicted molar refractivity (Wildman–Crippen MR) is 165 cm³/mol. The lowest BCUT2D eigenvalue weighted by Gasteiger charge is -2.27. The number of benzene rings is 5. The van der Waals surface area contributed by atoms with Crippen molar-refractivity contribution in [2.24, 2.45) is 10.8 Å². The normalized spacial score (nSPS) is 12.7. The molecule has 0 bridgehead atoms. The van der Waals surface area contributed by atoms with E-state index in [4.69, 9.17) is 4.98 Å². The van der Waals surface area contributed by atoms with Gasteiger partial charge in [-0.05, 0) is 86.5 Å². The summed E-state index contributed by atoms with van der Waals surface area (Å²) in [5.41, 5.74) is 6.75. The summed E-state index contributed by atoms with van der Waals surface area (Å²) in [4.78, 5) is 5.12. The SMILES string of the molecule is CC(C)(C)Cc1c2ccccc2nc2cc(CC(C)(C)Cc3c4ccccc4cc4ccccc34)ccc12. The van der Waals surface area contributed by atoms with Gasteiger partial charge in [0.15, 0.2) is 0 Å². The number of rotatable bonds is 5. The molecule has 38 heavy (non-hydrogen) atoms. The predicted octanol–water partition coefficient (Wildman–Crippen LogP) is 10.1. The smallest absolute Gasteiger partial charge is 0.0715 e. The van der Waals surface area contributed by atoms with Crippen LogP contribution in [0.3, 0.4) is 0 Å². The molecule has 0 spiro atoms. The Morgan fingerprint density at radius 3 is 1.71 bits per heavy atom. The first-order valence-corrected chi connectivity index (χ1v) is 13.9. The molecule has 1 heterocycles. The molecule has 1 aromatic heterocycles. The minimum Gasteiger partial charge on any atom is -0.248 e. The first-order valence-electron chi connectivity index (χ1n) is 13.9. The van der Waals surface area contributed by atoms with E-state index < -0.39 is 0 Å². The van der Waals surface area contributed by atoms with Gasteiger partial charge in [-0.1, -0.05) is 113 Å². The average molecular weight is 496 g/mol. The molecule has 0 atom stereocenters. The van der Waals surface area contributed by atoms with Crippen molar-refractivity contribution in [3.8, 4) is 0 Å². The van der Waals surface area contributed by atoms with Gasteiger partial charge in [-0.15, -0.1) is 0 Å². The summed E-state index contributed by atoms with van der Waals surface area (Å²) in [6.07, 6.45) is 3.06. The molecule has 1 heteroatoms. The van der Waals surface area contributed by atoms with Gasteiger partial charge in [0.25, 0.3) is 0 Å². The van der Waals surface area contributed by atoms with Crippen LogP contribution in [0.2, 0.25) is 0 Å². The van der Waals surface area contributed by atoms with Crippen LogP contribution in [-0.2, 0) is 19.3 Å². The average Bonchev–Trinajstić information content (AvgIpc) is 2.87. The van der Waals surface area contributed by atoms with E-state index in [9.17, 15) is 0 Å². The third-order valence-corrected chi connectivity index (χ3v) is 7.79. The van der Waals surface area contributed by atoms with E-state index in [2.05, 4.69) is 132 Å². The van der Waals surface area contributed by atoms with Gasteiger partial charge in [0.1, 0.15) is 0 Å². The van der Waals surface area contributed by atoms with Crippen LogP contribution >= 0.6 is 0 Å². The second-order valence-corrected chi connectivity index (χ2v) is 13.0. The molecule has 0 saturated carbocycles. The van der Waals surface area contributed by atoms with E-state index in [1.165, 1.54) is 49.0 Å². The van der Waals surface area contributed by atoms with Crippen molar-refractivity contribution in [3.05, 3.63) is 114 Å². The van der Waals surface area contributed by atoms with Gasteiger partial charge in [-0.2, -0.15) is 0 Å². The van der Waals surface area contributed by atoms with Gasteiger partial charge in [0, 0.05) is 10.8 Å². The topological polar surface area (TPSA) is 12.9 Å². The van der Waals surface area contributed by atoms with Gasteiger partial charge in [-0.3, -0.25) is 0 Å². The van der Waals surface area contributed by atoms with Crippen molar-refractivity contribution in [1.29, 1.82) is 0 Å². The first-order chi connectivity index (χ1) is 18.2.